The zero-order valence-electron chi connectivity index (χ0n) is 16.0. The number of carbonyl (C=O) groups is 1. The van der Waals surface area contributed by atoms with Gasteiger partial charge in [0.25, 0.3) is 0 Å². The summed E-state index contributed by atoms with van der Waals surface area (Å²) in [6, 6.07) is 4.17. The van der Waals surface area contributed by atoms with Crippen molar-refractivity contribution in [3.05, 3.63) is 23.3 Å². The molecule has 142 valence electrons. The molecule has 0 spiro atoms. The van der Waals surface area contributed by atoms with Crippen LogP contribution in [0.4, 0.5) is 0 Å². The van der Waals surface area contributed by atoms with Crippen LogP contribution in [0.3, 0.4) is 0 Å². The van der Waals surface area contributed by atoms with Gasteiger partial charge in [0.1, 0.15) is 0 Å². The zero-order chi connectivity index (χ0) is 18.1. The van der Waals surface area contributed by atoms with Crippen molar-refractivity contribution in [2.24, 2.45) is 11.3 Å². The molecule has 2 aliphatic heterocycles. The molecule has 1 N–H and O–H groups in total. The number of nitrogens with one attached hydrogen (secondary N) is 1. The van der Waals surface area contributed by atoms with Gasteiger partial charge in [0.2, 0.25) is 5.91 Å². The molecule has 0 bridgehead atoms. The molecule has 4 rings (SSSR count). The highest BCUT2D eigenvalue weighted by atomic mass is 16.5. The van der Waals surface area contributed by atoms with Crippen molar-refractivity contribution in [2.75, 3.05) is 40.4 Å². The predicted octanol–water partition coefficient (Wildman–Crippen LogP) is 2.41. The SMILES string of the molecule is COc1cc2c(cc1OC)CCN(C(=O)[C@@]13CCCC[C@H]1CNC3)CC2. The van der Waals surface area contributed by atoms with Crippen molar-refractivity contribution in [3.8, 4) is 11.5 Å². The molecule has 1 saturated heterocycles. The van der Waals surface area contributed by atoms with E-state index in [-0.39, 0.29) is 5.41 Å². The number of benzene rings is 1. The van der Waals surface area contributed by atoms with Crippen molar-refractivity contribution in [2.45, 2.75) is 38.5 Å². The average Bonchev–Trinajstić information content (AvgIpc) is 3.02. The number of hydrogen-bond acceptors (Lipinski definition) is 4. The van der Waals surface area contributed by atoms with Crippen LogP contribution < -0.4 is 14.8 Å². The molecule has 5 nitrogen and oxygen atoms in total. The van der Waals surface area contributed by atoms with E-state index < -0.39 is 0 Å². The fourth-order valence-corrected chi connectivity index (χ4v) is 5.24. The number of carbonyl (C=O) groups excluding carboxylic acids is 1. The third-order valence-electron chi connectivity index (χ3n) is 6.76. The molecule has 3 aliphatic rings. The minimum atomic E-state index is -0.149. The Morgan fingerprint density at radius 2 is 1.77 bits per heavy atom. The molecule has 1 saturated carbocycles. The number of ether oxygens (including phenoxy) is 2. The summed E-state index contributed by atoms with van der Waals surface area (Å²) >= 11 is 0. The number of nitrogens with zero attached hydrogens (tertiary/aromatic N) is 1. The van der Waals surface area contributed by atoms with E-state index in [2.05, 4.69) is 22.3 Å². The number of fused-ring (bicyclic) bond motifs is 2. The number of methoxy groups -OCH3 is 2. The molecule has 0 aromatic heterocycles. The summed E-state index contributed by atoms with van der Waals surface area (Å²) in [5.74, 6) is 2.46. The highest BCUT2D eigenvalue weighted by Gasteiger charge is 2.51. The first-order chi connectivity index (χ1) is 12.7. The molecular formula is C21H30N2O3. The zero-order valence-corrected chi connectivity index (χ0v) is 16.0. The highest BCUT2D eigenvalue weighted by molar-refractivity contribution is 5.84. The van der Waals surface area contributed by atoms with Gasteiger partial charge >= 0.3 is 0 Å². The summed E-state index contributed by atoms with van der Waals surface area (Å²) in [6.07, 6.45) is 6.47. The van der Waals surface area contributed by atoms with E-state index in [0.29, 0.717) is 11.8 Å². The second-order valence-electron chi connectivity index (χ2n) is 8.00. The first-order valence-corrected chi connectivity index (χ1v) is 9.92. The monoisotopic (exact) mass is 358 g/mol. The van der Waals surface area contributed by atoms with Crippen molar-refractivity contribution in [1.29, 1.82) is 0 Å². The third-order valence-corrected chi connectivity index (χ3v) is 6.76. The maximum atomic E-state index is 13.5. The lowest BCUT2D eigenvalue weighted by atomic mass is 9.67. The fraction of sp³-hybridized carbons (Fsp3) is 0.667. The first kappa shape index (κ1) is 17.7. The summed E-state index contributed by atoms with van der Waals surface area (Å²) in [6.45, 7) is 3.47. The second kappa shape index (κ2) is 7.10. The second-order valence-corrected chi connectivity index (χ2v) is 8.00. The van der Waals surface area contributed by atoms with Crippen LogP contribution in [0.2, 0.25) is 0 Å². The van der Waals surface area contributed by atoms with Gasteiger partial charge in [0.15, 0.2) is 11.5 Å². The van der Waals surface area contributed by atoms with Crippen LogP contribution in [0.1, 0.15) is 36.8 Å². The topological polar surface area (TPSA) is 50.8 Å². The molecule has 1 aliphatic carbocycles. The Labute approximate surface area is 156 Å². The molecule has 0 unspecified atom stereocenters. The molecule has 1 amide bonds. The van der Waals surface area contributed by atoms with E-state index in [4.69, 9.17) is 9.47 Å². The summed E-state index contributed by atoms with van der Waals surface area (Å²) in [5, 5.41) is 3.51. The Kier molecular flexibility index (Phi) is 4.82. The van der Waals surface area contributed by atoms with Gasteiger partial charge < -0.3 is 19.7 Å². The standard InChI is InChI=1S/C21H30N2O3/c1-25-18-11-15-6-9-23(10-7-16(15)12-19(18)26-2)20(24)21-8-4-3-5-17(21)13-22-14-21/h11-12,17,22H,3-10,13-14H2,1-2H3/t17-,21+/m0/s1. The van der Waals surface area contributed by atoms with Gasteiger partial charge in [-0.1, -0.05) is 12.8 Å². The van der Waals surface area contributed by atoms with E-state index in [1.807, 2.05) is 0 Å². The fourth-order valence-electron chi connectivity index (χ4n) is 5.24. The Bertz CT molecular complexity index is 655. The minimum absolute atomic E-state index is 0.149. The van der Waals surface area contributed by atoms with Gasteiger partial charge in [-0.25, -0.2) is 0 Å². The third kappa shape index (κ3) is 2.86. The molecule has 2 fully saturated rings. The lowest BCUT2D eigenvalue weighted by Crippen LogP contribution is -2.50. The summed E-state index contributed by atoms with van der Waals surface area (Å²) in [5.41, 5.74) is 2.41. The van der Waals surface area contributed by atoms with Gasteiger partial charge in [-0.15, -0.1) is 0 Å². The molecule has 1 aromatic carbocycles. The smallest absolute Gasteiger partial charge is 0.230 e. The van der Waals surface area contributed by atoms with Gasteiger partial charge in [-0.05, 0) is 61.4 Å². The van der Waals surface area contributed by atoms with Crippen LogP contribution in [0.5, 0.6) is 11.5 Å². The first-order valence-electron chi connectivity index (χ1n) is 9.92. The minimum Gasteiger partial charge on any atom is -0.493 e. The molecule has 0 radical (unpaired) electrons. The summed E-state index contributed by atoms with van der Waals surface area (Å²) in [7, 11) is 3.35. The van der Waals surface area contributed by atoms with Crippen molar-refractivity contribution in [1.82, 2.24) is 10.2 Å². The van der Waals surface area contributed by atoms with Crippen LogP contribution >= 0.6 is 0 Å². The summed E-state index contributed by atoms with van der Waals surface area (Å²) < 4.78 is 10.9. The molecule has 5 heteroatoms. The van der Waals surface area contributed by atoms with Gasteiger partial charge in [0.05, 0.1) is 19.6 Å². The highest BCUT2D eigenvalue weighted by Crippen LogP contribution is 2.45. The van der Waals surface area contributed by atoms with Crippen LogP contribution in [0.25, 0.3) is 0 Å². The maximum Gasteiger partial charge on any atom is 0.230 e. The Balaban J connectivity index is 1.54. The average molecular weight is 358 g/mol. The van der Waals surface area contributed by atoms with Crippen molar-refractivity contribution < 1.29 is 14.3 Å². The normalized spacial score (nSPS) is 28.1. The lowest BCUT2D eigenvalue weighted by molar-refractivity contribution is -0.145. The van der Waals surface area contributed by atoms with Crippen molar-refractivity contribution >= 4 is 5.91 Å². The van der Waals surface area contributed by atoms with Gasteiger partial charge in [-0.2, -0.15) is 0 Å². The number of hydrogen-bond donors (Lipinski definition) is 1. The predicted molar refractivity (Wildman–Crippen MR) is 101 cm³/mol. The van der Waals surface area contributed by atoms with E-state index in [1.165, 1.54) is 30.4 Å². The van der Waals surface area contributed by atoms with Gasteiger partial charge in [-0.3, -0.25) is 4.79 Å². The van der Waals surface area contributed by atoms with Crippen LogP contribution in [0.15, 0.2) is 12.1 Å². The molecule has 1 aromatic rings. The van der Waals surface area contributed by atoms with Gasteiger partial charge in [0, 0.05) is 19.6 Å². The largest absolute Gasteiger partial charge is 0.493 e. The quantitative estimate of drug-likeness (QED) is 0.902. The van der Waals surface area contributed by atoms with Crippen LogP contribution in [0, 0.1) is 11.3 Å². The molecule has 26 heavy (non-hydrogen) atoms. The molecule has 2 atom stereocenters. The van der Waals surface area contributed by atoms with E-state index >= 15 is 0 Å². The van der Waals surface area contributed by atoms with Crippen LogP contribution in [-0.4, -0.2) is 51.2 Å². The van der Waals surface area contributed by atoms with Crippen molar-refractivity contribution in [3.63, 3.8) is 0 Å². The molecular weight excluding hydrogens is 328 g/mol. The van der Waals surface area contributed by atoms with E-state index in [9.17, 15) is 4.79 Å². The number of amides is 1. The van der Waals surface area contributed by atoms with E-state index in [0.717, 1.165) is 56.9 Å². The lowest BCUT2D eigenvalue weighted by Gasteiger charge is -2.40. The Morgan fingerprint density at radius 3 is 2.38 bits per heavy atom. The Morgan fingerprint density at radius 1 is 1.12 bits per heavy atom. The Hall–Kier alpha value is -1.75. The number of rotatable bonds is 3. The van der Waals surface area contributed by atoms with Crippen LogP contribution in [-0.2, 0) is 17.6 Å². The summed E-state index contributed by atoms with van der Waals surface area (Å²) in [4.78, 5) is 15.7. The maximum absolute atomic E-state index is 13.5. The van der Waals surface area contributed by atoms with E-state index in [1.54, 1.807) is 14.2 Å². The molecule has 2 heterocycles.